The molecule has 24 heavy (non-hydrogen) atoms. The van der Waals surface area contributed by atoms with Crippen LogP contribution in [0.15, 0.2) is 18.5 Å². The van der Waals surface area contributed by atoms with Gasteiger partial charge in [-0.15, -0.1) is 0 Å². The molecule has 0 atom stereocenters. The van der Waals surface area contributed by atoms with Crippen molar-refractivity contribution >= 4 is 11.7 Å². The molecule has 1 amide bonds. The Hall–Kier alpha value is -2.29. The Balaban J connectivity index is 1.70. The fourth-order valence-corrected chi connectivity index (χ4v) is 2.93. The summed E-state index contributed by atoms with van der Waals surface area (Å²) >= 11 is 0. The Morgan fingerprint density at radius 1 is 1.33 bits per heavy atom. The molecule has 0 aliphatic carbocycles. The summed E-state index contributed by atoms with van der Waals surface area (Å²) in [6, 6.07) is 1.97. The number of nitrogens with zero attached hydrogens (tertiary/aromatic N) is 5. The molecule has 3 heterocycles. The number of rotatable bonds is 4. The highest BCUT2D eigenvalue weighted by Crippen LogP contribution is 2.24. The second-order valence-corrected chi connectivity index (χ2v) is 6.04. The number of piperidine rings is 1. The van der Waals surface area contributed by atoms with Gasteiger partial charge in [-0.1, -0.05) is 0 Å². The minimum Gasteiger partial charge on any atom is -0.306 e. The summed E-state index contributed by atoms with van der Waals surface area (Å²) in [5.41, 5.74) is -0.538. The summed E-state index contributed by atoms with van der Waals surface area (Å²) in [5.74, 6) is -0.282. The minimum atomic E-state index is -2.77. The minimum absolute atomic E-state index is 0.138. The number of aryl methyl sites for hydroxylation is 1. The average Bonchev–Trinajstić information content (AvgIpc) is 3.14. The molecule has 2 aromatic heterocycles. The normalized spacial score (nSPS) is 16.7. The van der Waals surface area contributed by atoms with Crippen LogP contribution in [0.2, 0.25) is 0 Å². The van der Waals surface area contributed by atoms with Gasteiger partial charge in [0.2, 0.25) is 0 Å². The van der Waals surface area contributed by atoms with E-state index in [1.807, 2.05) is 10.9 Å². The fourth-order valence-electron chi connectivity index (χ4n) is 2.93. The van der Waals surface area contributed by atoms with E-state index in [-0.39, 0.29) is 5.56 Å². The Labute approximate surface area is 138 Å². The lowest BCUT2D eigenvalue weighted by Gasteiger charge is -2.28. The van der Waals surface area contributed by atoms with Crippen LogP contribution in [-0.2, 0) is 7.05 Å². The van der Waals surface area contributed by atoms with Gasteiger partial charge in [0.25, 0.3) is 12.3 Å². The van der Waals surface area contributed by atoms with Crippen molar-refractivity contribution < 1.29 is 13.6 Å². The fraction of sp³-hybridized carbons (Fsp3) is 0.533. The Morgan fingerprint density at radius 2 is 2.04 bits per heavy atom. The van der Waals surface area contributed by atoms with E-state index in [9.17, 15) is 13.6 Å². The zero-order chi connectivity index (χ0) is 17.3. The van der Waals surface area contributed by atoms with E-state index in [0.29, 0.717) is 11.9 Å². The molecule has 1 aliphatic heterocycles. The maximum absolute atomic E-state index is 13.0. The van der Waals surface area contributed by atoms with Crippen molar-refractivity contribution in [2.24, 2.45) is 7.05 Å². The largest absolute Gasteiger partial charge is 0.306 e. The molecule has 0 aromatic carbocycles. The number of amides is 1. The number of hydrogen-bond acceptors (Lipinski definition) is 4. The van der Waals surface area contributed by atoms with E-state index in [1.54, 1.807) is 6.07 Å². The Bertz CT molecular complexity index is 717. The van der Waals surface area contributed by atoms with Crippen molar-refractivity contribution in [2.75, 3.05) is 25.5 Å². The third-order valence-corrected chi connectivity index (χ3v) is 4.35. The predicted octanol–water partition coefficient (Wildman–Crippen LogP) is 2.07. The van der Waals surface area contributed by atoms with E-state index in [1.165, 1.54) is 7.05 Å². The van der Waals surface area contributed by atoms with Gasteiger partial charge < -0.3 is 10.2 Å². The second-order valence-electron chi connectivity index (χ2n) is 6.04. The molecule has 1 saturated heterocycles. The van der Waals surface area contributed by atoms with Crippen LogP contribution >= 0.6 is 0 Å². The van der Waals surface area contributed by atoms with Gasteiger partial charge in [-0.3, -0.25) is 14.2 Å². The number of aromatic nitrogens is 4. The molecule has 130 valence electrons. The van der Waals surface area contributed by atoms with E-state index in [0.717, 1.165) is 36.8 Å². The quantitative estimate of drug-likeness (QED) is 0.927. The van der Waals surface area contributed by atoms with Crippen molar-refractivity contribution in [3.05, 3.63) is 29.7 Å². The van der Waals surface area contributed by atoms with Crippen molar-refractivity contribution in [2.45, 2.75) is 25.3 Å². The summed E-state index contributed by atoms with van der Waals surface area (Å²) in [6.45, 7) is 2.00. The van der Waals surface area contributed by atoms with E-state index in [2.05, 4.69) is 27.5 Å². The van der Waals surface area contributed by atoms with Crippen LogP contribution in [0.4, 0.5) is 14.6 Å². The molecule has 0 unspecified atom stereocenters. The number of halogens is 2. The molecule has 3 rings (SSSR count). The Morgan fingerprint density at radius 3 is 2.71 bits per heavy atom. The topological polar surface area (TPSA) is 68.0 Å². The first-order valence-corrected chi connectivity index (χ1v) is 7.81. The van der Waals surface area contributed by atoms with Gasteiger partial charge >= 0.3 is 0 Å². The molecule has 2 aromatic rings. The average molecular weight is 338 g/mol. The maximum atomic E-state index is 13.0. The summed E-state index contributed by atoms with van der Waals surface area (Å²) in [4.78, 5) is 14.5. The molecular formula is C15H20F2N6O. The van der Waals surface area contributed by atoms with Gasteiger partial charge in [0, 0.05) is 19.3 Å². The van der Waals surface area contributed by atoms with Gasteiger partial charge in [-0.05, 0) is 33.0 Å². The summed E-state index contributed by atoms with van der Waals surface area (Å²) < 4.78 is 28.9. The molecule has 7 nitrogen and oxygen atoms in total. The van der Waals surface area contributed by atoms with Crippen LogP contribution in [0.1, 0.15) is 41.4 Å². The summed E-state index contributed by atoms with van der Waals surface area (Å²) in [7, 11) is 3.46. The monoisotopic (exact) mass is 338 g/mol. The molecule has 0 radical (unpaired) electrons. The number of nitrogens with one attached hydrogen (secondary N) is 1. The van der Waals surface area contributed by atoms with Crippen LogP contribution in [0, 0.1) is 0 Å². The number of anilines is 1. The number of hydrogen-bond donors (Lipinski definition) is 1. The van der Waals surface area contributed by atoms with E-state index in [4.69, 9.17) is 0 Å². The highest BCUT2D eigenvalue weighted by Gasteiger charge is 2.24. The number of carbonyl (C=O) groups excluding carboxylic acids is 1. The molecule has 1 fully saturated rings. The van der Waals surface area contributed by atoms with Gasteiger partial charge in [0.15, 0.2) is 5.82 Å². The van der Waals surface area contributed by atoms with Crippen LogP contribution in [0.5, 0.6) is 0 Å². The molecule has 1 N–H and O–H groups in total. The molecule has 0 saturated carbocycles. The molecule has 0 spiro atoms. The number of carbonyl (C=O) groups is 1. The second kappa shape index (κ2) is 6.68. The van der Waals surface area contributed by atoms with Gasteiger partial charge in [0.05, 0.1) is 17.8 Å². The zero-order valence-electron chi connectivity index (χ0n) is 13.6. The molecule has 0 bridgehead atoms. The Kier molecular flexibility index (Phi) is 4.61. The van der Waals surface area contributed by atoms with Crippen molar-refractivity contribution in [1.82, 2.24) is 24.5 Å². The molecule has 1 aliphatic rings. The first-order valence-electron chi connectivity index (χ1n) is 7.81. The SMILES string of the molecule is CN1CCC(n2ccc(NC(=O)c3cnn(C)c3C(F)F)n2)CC1. The predicted molar refractivity (Wildman–Crippen MR) is 84.1 cm³/mol. The summed E-state index contributed by atoms with van der Waals surface area (Å²) in [6.07, 6.45) is 2.16. The van der Waals surface area contributed by atoms with Crippen LogP contribution in [-0.4, -0.2) is 50.5 Å². The molecule has 9 heteroatoms. The molecular weight excluding hydrogens is 318 g/mol. The van der Waals surface area contributed by atoms with E-state index < -0.39 is 18.0 Å². The van der Waals surface area contributed by atoms with Crippen LogP contribution < -0.4 is 5.32 Å². The first kappa shape index (κ1) is 16.6. The highest BCUT2D eigenvalue weighted by atomic mass is 19.3. The number of likely N-dealkylation sites (tertiary alicyclic amines) is 1. The lowest BCUT2D eigenvalue weighted by atomic mass is 10.1. The third kappa shape index (κ3) is 3.30. The van der Waals surface area contributed by atoms with Crippen LogP contribution in [0.3, 0.4) is 0 Å². The lowest BCUT2D eigenvalue weighted by Crippen LogP contribution is -2.31. The van der Waals surface area contributed by atoms with Crippen LogP contribution in [0.25, 0.3) is 0 Å². The lowest BCUT2D eigenvalue weighted by molar-refractivity contribution is 0.100. The first-order chi connectivity index (χ1) is 11.5. The number of alkyl halides is 2. The zero-order valence-corrected chi connectivity index (χ0v) is 13.6. The highest BCUT2D eigenvalue weighted by molar-refractivity contribution is 6.04. The van der Waals surface area contributed by atoms with Crippen molar-refractivity contribution in [3.8, 4) is 0 Å². The standard InChI is InChI=1S/C15H20F2N6O/c1-21-6-3-10(4-7-21)23-8-5-12(20-23)19-15(24)11-9-18-22(2)13(11)14(16)17/h5,8-10,14H,3-4,6-7H2,1-2H3,(H,19,20,24). The third-order valence-electron chi connectivity index (χ3n) is 4.35. The maximum Gasteiger partial charge on any atom is 0.280 e. The van der Waals surface area contributed by atoms with Gasteiger partial charge in [-0.25, -0.2) is 8.78 Å². The van der Waals surface area contributed by atoms with Crippen molar-refractivity contribution in [1.29, 1.82) is 0 Å². The van der Waals surface area contributed by atoms with Gasteiger partial charge in [0.1, 0.15) is 5.69 Å². The van der Waals surface area contributed by atoms with E-state index >= 15 is 0 Å². The smallest absolute Gasteiger partial charge is 0.280 e. The van der Waals surface area contributed by atoms with Crippen molar-refractivity contribution in [3.63, 3.8) is 0 Å². The summed E-state index contributed by atoms with van der Waals surface area (Å²) in [5, 5.41) is 10.7. The van der Waals surface area contributed by atoms with Gasteiger partial charge in [-0.2, -0.15) is 10.2 Å².